The summed E-state index contributed by atoms with van der Waals surface area (Å²) in [5.41, 5.74) is 5.53. The average molecular weight is 360 g/mol. The SMILES string of the molecule is COC(=O)[C@@H]1C[C@@H](O)CN1C(=O)[C@H](N)Cc1ccc(C(F)(F)F)cc1. The standard InChI is InChI=1S/C16H19F3N2O4/c1-25-15(24)13-7-11(22)8-21(13)14(23)12(20)6-9-2-4-10(5-3-9)16(17,18)19/h2-5,11-13,22H,6-8,20H2,1H3/t11-,12-,13+/m1/s1. The third-order valence-electron chi connectivity index (χ3n) is 4.09. The molecule has 0 bridgehead atoms. The van der Waals surface area contributed by atoms with Crippen LogP contribution in [0.2, 0.25) is 0 Å². The first-order valence-corrected chi connectivity index (χ1v) is 7.61. The van der Waals surface area contributed by atoms with Crippen LogP contribution in [0.5, 0.6) is 0 Å². The van der Waals surface area contributed by atoms with E-state index in [2.05, 4.69) is 4.74 Å². The lowest BCUT2D eigenvalue weighted by Crippen LogP contribution is -2.49. The fourth-order valence-electron chi connectivity index (χ4n) is 2.80. The van der Waals surface area contributed by atoms with Crippen LogP contribution in [0.25, 0.3) is 0 Å². The van der Waals surface area contributed by atoms with Crippen molar-refractivity contribution < 1.29 is 32.6 Å². The second kappa shape index (κ2) is 7.40. The Kier molecular flexibility index (Phi) is 5.69. The number of hydrogen-bond donors (Lipinski definition) is 2. The van der Waals surface area contributed by atoms with Crippen LogP contribution in [0.15, 0.2) is 24.3 Å². The highest BCUT2D eigenvalue weighted by Crippen LogP contribution is 2.29. The number of methoxy groups -OCH3 is 1. The van der Waals surface area contributed by atoms with Crippen molar-refractivity contribution in [3.63, 3.8) is 0 Å². The van der Waals surface area contributed by atoms with Gasteiger partial charge in [-0.25, -0.2) is 4.79 Å². The first-order chi connectivity index (χ1) is 11.6. The number of aliphatic hydroxyl groups is 1. The minimum atomic E-state index is -4.43. The number of carbonyl (C=O) groups excluding carboxylic acids is 2. The van der Waals surface area contributed by atoms with Gasteiger partial charge in [0.2, 0.25) is 5.91 Å². The van der Waals surface area contributed by atoms with E-state index in [0.717, 1.165) is 17.0 Å². The van der Waals surface area contributed by atoms with E-state index in [-0.39, 0.29) is 19.4 Å². The normalized spacial score (nSPS) is 21.9. The number of alkyl halides is 3. The molecule has 1 fully saturated rings. The third-order valence-corrected chi connectivity index (χ3v) is 4.09. The van der Waals surface area contributed by atoms with Crippen molar-refractivity contribution in [3.05, 3.63) is 35.4 Å². The molecule has 6 nitrogen and oxygen atoms in total. The summed E-state index contributed by atoms with van der Waals surface area (Å²) >= 11 is 0. The first kappa shape index (κ1) is 19.2. The summed E-state index contributed by atoms with van der Waals surface area (Å²) in [6.45, 7) is -0.0423. The number of hydrogen-bond acceptors (Lipinski definition) is 5. The summed E-state index contributed by atoms with van der Waals surface area (Å²) in [6.07, 6.45) is -5.22. The van der Waals surface area contributed by atoms with Crippen molar-refractivity contribution in [1.82, 2.24) is 4.90 Å². The highest BCUT2D eigenvalue weighted by Gasteiger charge is 2.41. The van der Waals surface area contributed by atoms with Crippen molar-refractivity contribution in [2.75, 3.05) is 13.7 Å². The zero-order valence-electron chi connectivity index (χ0n) is 13.5. The molecule has 9 heteroatoms. The summed E-state index contributed by atoms with van der Waals surface area (Å²) in [7, 11) is 1.18. The molecule has 1 aliphatic rings. The Balaban J connectivity index is 2.05. The number of likely N-dealkylation sites (tertiary alicyclic amines) is 1. The third kappa shape index (κ3) is 4.49. The molecule has 3 N–H and O–H groups in total. The molecule has 2 rings (SSSR count). The van der Waals surface area contributed by atoms with E-state index in [9.17, 15) is 27.9 Å². The molecule has 0 aromatic heterocycles. The number of nitrogens with two attached hydrogens (primary N) is 1. The number of benzene rings is 1. The molecule has 1 saturated heterocycles. The number of β-amino-alcohol motifs (C(OH)–C–C–N with tert-alkyl or cyclic N) is 1. The summed E-state index contributed by atoms with van der Waals surface area (Å²) in [6, 6.07) is 2.40. The van der Waals surface area contributed by atoms with Crippen molar-refractivity contribution in [1.29, 1.82) is 0 Å². The van der Waals surface area contributed by atoms with E-state index in [1.165, 1.54) is 19.2 Å². The molecular formula is C16H19F3N2O4. The van der Waals surface area contributed by atoms with Crippen molar-refractivity contribution in [2.45, 2.75) is 37.2 Å². The molecule has 0 radical (unpaired) electrons. The number of nitrogens with zero attached hydrogens (tertiary/aromatic N) is 1. The zero-order chi connectivity index (χ0) is 18.8. The Bertz CT molecular complexity index is 633. The van der Waals surface area contributed by atoms with Gasteiger partial charge in [-0.1, -0.05) is 12.1 Å². The molecule has 25 heavy (non-hydrogen) atoms. The summed E-state index contributed by atoms with van der Waals surface area (Å²) in [5.74, 6) is -1.21. The van der Waals surface area contributed by atoms with Gasteiger partial charge in [0.15, 0.2) is 0 Å². The minimum Gasteiger partial charge on any atom is -0.467 e. The Morgan fingerprint density at radius 3 is 2.48 bits per heavy atom. The lowest BCUT2D eigenvalue weighted by Gasteiger charge is -2.25. The fraction of sp³-hybridized carbons (Fsp3) is 0.500. The maximum Gasteiger partial charge on any atom is 0.416 e. The number of rotatable bonds is 4. The highest BCUT2D eigenvalue weighted by atomic mass is 19.4. The molecule has 1 amide bonds. The second-order valence-electron chi connectivity index (χ2n) is 5.92. The van der Waals surface area contributed by atoms with Gasteiger partial charge in [-0.2, -0.15) is 13.2 Å². The van der Waals surface area contributed by atoms with E-state index in [4.69, 9.17) is 5.73 Å². The van der Waals surface area contributed by atoms with Crippen LogP contribution in [0.3, 0.4) is 0 Å². The first-order valence-electron chi connectivity index (χ1n) is 7.61. The number of esters is 1. The molecule has 1 aromatic rings. The Labute approximate surface area is 142 Å². The van der Waals surface area contributed by atoms with Gasteiger partial charge >= 0.3 is 12.1 Å². The Morgan fingerprint density at radius 1 is 1.36 bits per heavy atom. The zero-order valence-corrected chi connectivity index (χ0v) is 13.5. The van der Waals surface area contributed by atoms with E-state index >= 15 is 0 Å². The summed E-state index contributed by atoms with van der Waals surface area (Å²) in [4.78, 5) is 25.3. The van der Waals surface area contributed by atoms with Crippen molar-refractivity contribution >= 4 is 11.9 Å². The number of carbonyl (C=O) groups is 2. The predicted octanol–water partition coefficient (Wildman–Crippen LogP) is 0.710. The van der Waals surface area contributed by atoms with Gasteiger partial charge < -0.3 is 20.5 Å². The monoisotopic (exact) mass is 360 g/mol. The maximum atomic E-state index is 12.6. The molecular weight excluding hydrogens is 341 g/mol. The van der Waals surface area contributed by atoms with Crippen LogP contribution in [-0.4, -0.2) is 53.7 Å². The Hall–Kier alpha value is -2.13. The van der Waals surface area contributed by atoms with Crippen LogP contribution in [0, 0.1) is 0 Å². The van der Waals surface area contributed by atoms with Gasteiger partial charge in [0.25, 0.3) is 0 Å². The summed E-state index contributed by atoms with van der Waals surface area (Å²) in [5, 5.41) is 9.69. The van der Waals surface area contributed by atoms with Crippen LogP contribution >= 0.6 is 0 Å². The van der Waals surface area contributed by atoms with Crippen LogP contribution in [0.1, 0.15) is 17.5 Å². The van der Waals surface area contributed by atoms with E-state index in [1.807, 2.05) is 0 Å². The molecule has 138 valence electrons. The van der Waals surface area contributed by atoms with Crippen molar-refractivity contribution in [2.24, 2.45) is 5.73 Å². The van der Waals surface area contributed by atoms with Gasteiger partial charge in [-0.05, 0) is 24.1 Å². The molecule has 0 saturated carbocycles. The van der Waals surface area contributed by atoms with Gasteiger partial charge in [0, 0.05) is 13.0 Å². The van der Waals surface area contributed by atoms with Crippen LogP contribution in [0.4, 0.5) is 13.2 Å². The van der Waals surface area contributed by atoms with E-state index in [0.29, 0.717) is 5.56 Å². The fourth-order valence-corrected chi connectivity index (χ4v) is 2.80. The van der Waals surface area contributed by atoms with E-state index < -0.39 is 41.8 Å². The van der Waals surface area contributed by atoms with Gasteiger partial charge in [-0.15, -0.1) is 0 Å². The van der Waals surface area contributed by atoms with Crippen LogP contribution in [-0.2, 0) is 26.9 Å². The molecule has 0 aliphatic carbocycles. The van der Waals surface area contributed by atoms with Crippen LogP contribution < -0.4 is 5.73 Å². The second-order valence-corrected chi connectivity index (χ2v) is 5.92. The lowest BCUT2D eigenvalue weighted by molar-refractivity contribution is -0.151. The average Bonchev–Trinajstić information content (AvgIpc) is 2.94. The molecule has 0 spiro atoms. The molecule has 1 aromatic carbocycles. The van der Waals surface area contributed by atoms with Crippen molar-refractivity contribution in [3.8, 4) is 0 Å². The van der Waals surface area contributed by atoms with Gasteiger partial charge in [0.1, 0.15) is 6.04 Å². The minimum absolute atomic E-state index is 0.0114. The van der Waals surface area contributed by atoms with Gasteiger partial charge in [-0.3, -0.25) is 4.79 Å². The molecule has 3 atom stereocenters. The van der Waals surface area contributed by atoms with E-state index in [1.54, 1.807) is 0 Å². The van der Waals surface area contributed by atoms with Gasteiger partial charge in [0.05, 0.1) is 24.8 Å². The molecule has 0 unspecified atom stereocenters. The predicted molar refractivity (Wildman–Crippen MR) is 81.3 cm³/mol. The number of amides is 1. The molecule has 1 aliphatic heterocycles. The Morgan fingerprint density at radius 2 is 1.96 bits per heavy atom. The number of aliphatic hydroxyl groups excluding tert-OH is 1. The largest absolute Gasteiger partial charge is 0.467 e. The lowest BCUT2D eigenvalue weighted by atomic mass is 10.0. The number of halogens is 3. The number of ether oxygens (including phenoxy) is 1. The summed E-state index contributed by atoms with van der Waals surface area (Å²) < 4.78 is 42.3. The highest BCUT2D eigenvalue weighted by molar-refractivity contribution is 5.88. The topological polar surface area (TPSA) is 92.9 Å². The smallest absolute Gasteiger partial charge is 0.416 e. The molecule has 1 heterocycles. The quantitative estimate of drug-likeness (QED) is 0.772. The maximum absolute atomic E-state index is 12.6.